The second kappa shape index (κ2) is 8.69. The van der Waals surface area contributed by atoms with Crippen molar-refractivity contribution >= 4 is 11.6 Å². The molecule has 0 radical (unpaired) electrons. The second-order valence-corrected chi connectivity index (χ2v) is 6.36. The number of aryl methyl sites for hydroxylation is 2. The molecule has 0 spiro atoms. The number of aromatic nitrogens is 2. The molecule has 0 atom stereocenters. The van der Waals surface area contributed by atoms with Crippen LogP contribution in [-0.2, 0) is 11.2 Å². The lowest BCUT2D eigenvalue weighted by molar-refractivity contribution is -0.131. The average Bonchev–Trinajstić information content (AvgIpc) is 3.08. The van der Waals surface area contributed by atoms with E-state index < -0.39 is 0 Å². The van der Waals surface area contributed by atoms with Crippen LogP contribution in [0.25, 0.3) is 0 Å². The van der Waals surface area contributed by atoms with E-state index in [1.807, 2.05) is 30.0 Å². The minimum Gasteiger partial charge on any atom is -0.492 e. The van der Waals surface area contributed by atoms with E-state index in [1.165, 1.54) is 0 Å². The highest BCUT2D eigenvalue weighted by atomic mass is 16.5. The Labute approximate surface area is 153 Å². The Kier molecular flexibility index (Phi) is 6.09. The fourth-order valence-electron chi connectivity index (χ4n) is 3.18. The van der Waals surface area contributed by atoms with E-state index in [2.05, 4.69) is 21.1 Å². The molecule has 1 amide bonds. The Morgan fingerprint density at radius 1 is 1.23 bits per heavy atom. The molecule has 0 N–H and O–H groups in total. The molecule has 1 aliphatic rings. The van der Waals surface area contributed by atoms with Gasteiger partial charge in [-0.2, -0.15) is 4.98 Å². The zero-order valence-electron chi connectivity index (χ0n) is 15.5. The van der Waals surface area contributed by atoms with E-state index >= 15 is 0 Å². The number of benzene rings is 1. The molecule has 26 heavy (non-hydrogen) atoms. The maximum Gasteiger partial charge on any atom is 0.226 e. The Hall–Kier alpha value is -2.57. The molecule has 1 aromatic heterocycles. The number of ether oxygens (including phenoxy) is 1. The van der Waals surface area contributed by atoms with Crippen LogP contribution in [-0.4, -0.2) is 53.7 Å². The summed E-state index contributed by atoms with van der Waals surface area (Å²) in [5, 5.41) is 3.76. The molecule has 2 heterocycles. The molecular weight excluding hydrogens is 332 g/mol. The van der Waals surface area contributed by atoms with Crippen LogP contribution in [0.15, 0.2) is 28.8 Å². The van der Waals surface area contributed by atoms with Gasteiger partial charge < -0.3 is 19.1 Å². The first-order valence-electron chi connectivity index (χ1n) is 9.21. The van der Waals surface area contributed by atoms with Crippen molar-refractivity contribution in [3.63, 3.8) is 0 Å². The van der Waals surface area contributed by atoms with Crippen LogP contribution >= 0.6 is 0 Å². The predicted molar refractivity (Wildman–Crippen MR) is 98.4 cm³/mol. The molecule has 0 unspecified atom stereocenters. The average molecular weight is 358 g/mol. The van der Waals surface area contributed by atoms with Crippen LogP contribution in [0, 0.1) is 6.92 Å². The van der Waals surface area contributed by atoms with E-state index in [1.54, 1.807) is 6.92 Å². The molecule has 1 aromatic carbocycles. The number of piperazine rings is 1. The van der Waals surface area contributed by atoms with Crippen molar-refractivity contribution in [2.75, 3.05) is 37.7 Å². The number of para-hydroxylation sites is 2. The minimum atomic E-state index is 0.194. The summed E-state index contributed by atoms with van der Waals surface area (Å²) >= 11 is 0. The highest BCUT2D eigenvalue weighted by Gasteiger charge is 2.22. The van der Waals surface area contributed by atoms with Gasteiger partial charge in [0.05, 0.1) is 12.3 Å². The lowest BCUT2D eigenvalue weighted by Crippen LogP contribution is -2.48. The Bertz CT molecular complexity index is 723. The molecule has 1 aliphatic heterocycles. The van der Waals surface area contributed by atoms with E-state index in [4.69, 9.17) is 9.26 Å². The fraction of sp³-hybridized carbons (Fsp3) is 0.526. The molecule has 7 nitrogen and oxygen atoms in total. The van der Waals surface area contributed by atoms with Gasteiger partial charge in [-0.05, 0) is 32.4 Å². The first-order valence-corrected chi connectivity index (χ1v) is 9.21. The lowest BCUT2D eigenvalue weighted by atomic mass is 10.2. The van der Waals surface area contributed by atoms with Crippen LogP contribution in [0.3, 0.4) is 0 Å². The van der Waals surface area contributed by atoms with Gasteiger partial charge in [0.15, 0.2) is 5.82 Å². The molecule has 2 aromatic rings. The summed E-state index contributed by atoms with van der Waals surface area (Å²) in [5.41, 5.74) is 1.10. The van der Waals surface area contributed by atoms with Crippen molar-refractivity contribution in [2.45, 2.75) is 33.1 Å². The van der Waals surface area contributed by atoms with Crippen molar-refractivity contribution < 1.29 is 14.1 Å². The first-order chi connectivity index (χ1) is 12.7. The van der Waals surface area contributed by atoms with E-state index in [0.717, 1.165) is 44.0 Å². The minimum absolute atomic E-state index is 0.194. The number of rotatable bonds is 7. The van der Waals surface area contributed by atoms with Crippen molar-refractivity contribution in [3.05, 3.63) is 36.0 Å². The molecular formula is C19H26N4O3. The quantitative estimate of drug-likeness (QED) is 0.757. The lowest BCUT2D eigenvalue weighted by Gasteiger charge is -2.36. The number of hydrogen-bond acceptors (Lipinski definition) is 6. The topological polar surface area (TPSA) is 71.7 Å². The van der Waals surface area contributed by atoms with Crippen molar-refractivity contribution in [2.24, 2.45) is 0 Å². The summed E-state index contributed by atoms with van der Waals surface area (Å²) < 4.78 is 10.8. The molecule has 140 valence electrons. The van der Waals surface area contributed by atoms with Gasteiger partial charge in [0, 0.05) is 39.0 Å². The molecule has 0 bridgehead atoms. The molecule has 7 heteroatoms. The summed E-state index contributed by atoms with van der Waals surface area (Å²) in [5.74, 6) is 2.34. The van der Waals surface area contributed by atoms with Crippen molar-refractivity contribution in [1.82, 2.24) is 15.0 Å². The molecule has 0 aliphatic carbocycles. The third kappa shape index (κ3) is 4.53. The largest absolute Gasteiger partial charge is 0.492 e. The smallest absolute Gasteiger partial charge is 0.226 e. The van der Waals surface area contributed by atoms with Crippen molar-refractivity contribution in [3.8, 4) is 5.75 Å². The third-order valence-corrected chi connectivity index (χ3v) is 4.49. The SMILES string of the molecule is CCOc1ccccc1N1CCN(C(=O)CCCc2nc(C)no2)CC1. The molecule has 3 rings (SSSR count). The summed E-state index contributed by atoms with van der Waals surface area (Å²) in [6.45, 7) is 7.54. The Balaban J connectivity index is 1.46. The summed E-state index contributed by atoms with van der Waals surface area (Å²) in [6.07, 6.45) is 1.89. The zero-order valence-corrected chi connectivity index (χ0v) is 15.5. The van der Waals surface area contributed by atoms with Gasteiger partial charge in [0.1, 0.15) is 5.75 Å². The van der Waals surface area contributed by atoms with E-state index in [-0.39, 0.29) is 5.91 Å². The van der Waals surface area contributed by atoms with E-state index in [0.29, 0.717) is 31.2 Å². The van der Waals surface area contributed by atoms with Crippen LogP contribution in [0.2, 0.25) is 0 Å². The zero-order chi connectivity index (χ0) is 18.4. The van der Waals surface area contributed by atoms with Gasteiger partial charge in [-0.25, -0.2) is 0 Å². The fourth-order valence-corrected chi connectivity index (χ4v) is 3.18. The molecule has 0 saturated carbocycles. The first kappa shape index (κ1) is 18.2. The second-order valence-electron chi connectivity index (χ2n) is 6.36. The maximum atomic E-state index is 12.4. The normalized spacial score (nSPS) is 14.5. The number of anilines is 1. The van der Waals surface area contributed by atoms with Crippen molar-refractivity contribution in [1.29, 1.82) is 0 Å². The Morgan fingerprint density at radius 2 is 2.00 bits per heavy atom. The highest BCUT2D eigenvalue weighted by molar-refractivity contribution is 5.76. The van der Waals surface area contributed by atoms with Crippen LogP contribution in [0.5, 0.6) is 5.75 Å². The van der Waals surface area contributed by atoms with Gasteiger partial charge in [-0.3, -0.25) is 4.79 Å². The van der Waals surface area contributed by atoms with Crippen LogP contribution in [0.1, 0.15) is 31.5 Å². The van der Waals surface area contributed by atoms with Crippen LogP contribution < -0.4 is 9.64 Å². The number of amides is 1. The predicted octanol–water partition coefficient (Wildman–Crippen LogP) is 2.45. The highest BCUT2D eigenvalue weighted by Crippen LogP contribution is 2.28. The third-order valence-electron chi connectivity index (χ3n) is 4.49. The number of carbonyl (C=O) groups is 1. The Morgan fingerprint density at radius 3 is 2.69 bits per heavy atom. The molecule has 1 saturated heterocycles. The number of carbonyl (C=O) groups excluding carboxylic acids is 1. The monoisotopic (exact) mass is 358 g/mol. The van der Waals surface area contributed by atoms with Crippen LogP contribution in [0.4, 0.5) is 5.69 Å². The number of nitrogens with zero attached hydrogens (tertiary/aromatic N) is 4. The van der Waals surface area contributed by atoms with E-state index in [9.17, 15) is 4.79 Å². The summed E-state index contributed by atoms with van der Waals surface area (Å²) in [7, 11) is 0. The molecule has 1 fully saturated rings. The van der Waals surface area contributed by atoms with Gasteiger partial charge in [-0.15, -0.1) is 0 Å². The van der Waals surface area contributed by atoms with Gasteiger partial charge in [-0.1, -0.05) is 17.3 Å². The van der Waals surface area contributed by atoms with Gasteiger partial charge in [0.2, 0.25) is 11.8 Å². The van der Waals surface area contributed by atoms with Gasteiger partial charge in [0.25, 0.3) is 0 Å². The summed E-state index contributed by atoms with van der Waals surface area (Å²) in [6, 6.07) is 8.08. The maximum absolute atomic E-state index is 12.4. The number of hydrogen-bond donors (Lipinski definition) is 0. The summed E-state index contributed by atoms with van der Waals surface area (Å²) in [4.78, 5) is 20.8. The standard InChI is InChI=1S/C19H26N4O3/c1-3-25-17-8-5-4-7-16(17)22-11-13-23(14-12-22)19(24)10-6-9-18-20-15(2)21-26-18/h4-5,7-8H,3,6,9-14H2,1-2H3. The van der Waals surface area contributed by atoms with Gasteiger partial charge >= 0.3 is 0 Å².